The molecule has 0 saturated heterocycles. The minimum atomic E-state index is 0.573. The first-order chi connectivity index (χ1) is 8.25. The van der Waals surface area contributed by atoms with Crippen LogP contribution in [0.1, 0.15) is 49.3 Å². The Morgan fingerprint density at radius 3 is 2.76 bits per heavy atom. The number of pyridine rings is 1. The number of rotatable bonds is 1. The Bertz CT molecular complexity index is 536. The van der Waals surface area contributed by atoms with Crippen molar-refractivity contribution in [3.8, 4) is 0 Å². The van der Waals surface area contributed by atoms with Gasteiger partial charge >= 0.3 is 0 Å². The van der Waals surface area contributed by atoms with Crippen molar-refractivity contribution in [2.24, 2.45) is 0 Å². The van der Waals surface area contributed by atoms with Gasteiger partial charge in [-0.05, 0) is 31.4 Å². The van der Waals surface area contributed by atoms with Gasteiger partial charge in [-0.3, -0.25) is 4.40 Å². The monoisotopic (exact) mass is 229 g/mol. The number of imidazole rings is 1. The maximum absolute atomic E-state index is 6.24. The molecule has 90 valence electrons. The first kappa shape index (κ1) is 10.6. The van der Waals surface area contributed by atoms with E-state index in [9.17, 15) is 0 Å². The van der Waals surface area contributed by atoms with E-state index in [1.807, 2.05) is 4.40 Å². The Balaban J connectivity index is 2.07. The van der Waals surface area contributed by atoms with Gasteiger partial charge in [-0.1, -0.05) is 25.3 Å². The van der Waals surface area contributed by atoms with E-state index >= 15 is 0 Å². The molecule has 2 aromatic heterocycles. The van der Waals surface area contributed by atoms with Gasteiger partial charge < -0.3 is 5.73 Å². The van der Waals surface area contributed by atoms with Crippen LogP contribution in [0.4, 0.5) is 5.82 Å². The fourth-order valence-corrected chi connectivity index (χ4v) is 2.86. The highest BCUT2D eigenvalue weighted by Crippen LogP contribution is 2.35. The molecule has 0 spiro atoms. The standard InChI is InChI=1S/C14H19N3/c1-10-7-8-12-16-13(14(15)17(12)9-10)11-5-3-2-4-6-11/h7-9,11H,2-6,15H2,1H3. The van der Waals surface area contributed by atoms with Gasteiger partial charge in [-0.2, -0.15) is 0 Å². The summed E-state index contributed by atoms with van der Waals surface area (Å²) < 4.78 is 2.03. The van der Waals surface area contributed by atoms with Crippen LogP contribution in [0.5, 0.6) is 0 Å². The van der Waals surface area contributed by atoms with Gasteiger partial charge in [0.25, 0.3) is 0 Å². The van der Waals surface area contributed by atoms with Crippen molar-refractivity contribution in [2.45, 2.75) is 44.9 Å². The summed E-state index contributed by atoms with van der Waals surface area (Å²) in [5.41, 5.74) is 9.56. The third-order valence-corrected chi connectivity index (χ3v) is 3.82. The van der Waals surface area contributed by atoms with E-state index in [2.05, 4.69) is 25.3 Å². The quantitative estimate of drug-likeness (QED) is 0.815. The van der Waals surface area contributed by atoms with Crippen LogP contribution in [0.25, 0.3) is 5.65 Å². The Morgan fingerprint density at radius 2 is 2.00 bits per heavy atom. The fraction of sp³-hybridized carbons (Fsp3) is 0.500. The maximum atomic E-state index is 6.24. The Hall–Kier alpha value is -1.51. The SMILES string of the molecule is Cc1ccc2nc(C3CCCCC3)c(N)n2c1. The minimum absolute atomic E-state index is 0.573. The third-order valence-electron chi connectivity index (χ3n) is 3.82. The van der Waals surface area contributed by atoms with Gasteiger partial charge in [0.2, 0.25) is 0 Å². The molecule has 3 nitrogen and oxygen atoms in total. The minimum Gasteiger partial charge on any atom is -0.383 e. The lowest BCUT2D eigenvalue weighted by Crippen LogP contribution is -2.07. The Labute approximate surface area is 102 Å². The summed E-state index contributed by atoms with van der Waals surface area (Å²) in [5.74, 6) is 1.42. The highest BCUT2D eigenvalue weighted by molar-refractivity contribution is 5.54. The maximum Gasteiger partial charge on any atom is 0.138 e. The molecular weight excluding hydrogens is 210 g/mol. The second kappa shape index (κ2) is 4.06. The summed E-state index contributed by atoms with van der Waals surface area (Å²) in [6.07, 6.45) is 8.56. The van der Waals surface area contributed by atoms with E-state index < -0.39 is 0 Å². The lowest BCUT2D eigenvalue weighted by molar-refractivity contribution is 0.439. The zero-order valence-electron chi connectivity index (χ0n) is 10.3. The van der Waals surface area contributed by atoms with Crippen LogP contribution in [0, 0.1) is 6.92 Å². The van der Waals surface area contributed by atoms with Crippen molar-refractivity contribution in [3.63, 3.8) is 0 Å². The van der Waals surface area contributed by atoms with Crippen molar-refractivity contribution in [2.75, 3.05) is 5.73 Å². The van der Waals surface area contributed by atoms with Gasteiger partial charge in [-0.25, -0.2) is 4.98 Å². The molecule has 2 N–H and O–H groups in total. The van der Waals surface area contributed by atoms with Crippen LogP contribution in [0.2, 0.25) is 0 Å². The molecule has 3 rings (SSSR count). The predicted octanol–water partition coefficient (Wildman–Crippen LogP) is 3.27. The molecule has 0 amide bonds. The average Bonchev–Trinajstić information content (AvgIpc) is 2.68. The number of aryl methyl sites for hydroxylation is 1. The van der Waals surface area contributed by atoms with Gasteiger partial charge in [0.15, 0.2) is 0 Å². The van der Waals surface area contributed by atoms with Gasteiger partial charge in [-0.15, -0.1) is 0 Å². The van der Waals surface area contributed by atoms with E-state index in [-0.39, 0.29) is 0 Å². The van der Waals surface area contributed by atoms with Crippen LogP contribution in [-0.2, 0) is 0 Å². The molecule has 2 heterocycles. The first-order valence-corrected chi connectivity index (χ1v) is 6.50. The number of nitrogens with two attached hydrogens (primary N) is 1. The number of hydrogen-bond donors (Lipinski definition) is 1. The van der Waals surface area contributed by atoms with Gasteiger partial charge in [0.05, 0.1) is 5.69 Å². The third kappa shape index (κ3) is 1.79. The molecule has 3 heteroatoms. The number of nitrogen functional groups attached to an aromatic ring is 1. The largest absolute Gasteiger partial charge is 0.383 e. The van der Waals surface area contributed by atoms with Gasteiger partial charge in [0.1, 0.15) is 11.5 Å². The van der Waals surface area contributed by atoms with Crippen molar-refractivity contribution in [3.05, 3.63) is 29.6 Å². The molecular formula is C14H19N3. The van der Waals surface area contributed by atoms with Crippen LogP contribution in [0.3, 0.4) is 0 Å². The molecule has 1 aliphatic rings. The molecule has 1 saturated carbocycles. The lowest BCUT2D eigenvalue weighted by atomic mass is 9.87. The summed E-state index contributed by atoms with van der Waals surface area (Å²) in [5, 5.41) is 0. The van der Waals surface area contributed by atoms with Crippen LogP contribution < -0.4 is 5.73 Å². The van der Waals surface area contributed by atoms with Crippen LogP contribution in [-0.4, -0.2) is 9.38 Å². The number of hydrogen-bond acceptors (Lipinski definition) is 2. The van der Waals surface area contributed by atoms with Crippen molar-refractivity contribution in [1.29, 1.82) is 0 Å². The second-order valence-corrected chi connectivity index (χ2v) is 5.15. The van der Waals surface area contributed by atoms with E-state index in [1.165, 1.54) is 37.7 Å². The fourth-order valence-electron chi connectivity index (χ4n) is 2.86. The summed E-state index contributed by atoms with van der Waals surface area (Å²) in [7, 11) is 0. The second-order valence-electron chi connectivity index (χ2n) is 5.15. The zero-order chi connectivity index (χ0) is 11.8. The first-order valence-electron chi connectivity index (χ1n) is 6.50. The smallest absolute Gasteiger partial charge is 0.138 e. The van der Waals surface area contributed by atoms with Gasteiger partial charge in [0, 0.05) is 12.1 Å². The summed E-state index contributed by atoms with van der Waals surface area (Å²) in [4.78, 5) is 4.72. The topological polar surface area (TPSA) is 43.3 Å². The number of nitrogens with zero attached hydrogens (tertiary/aromatic N) is 2. The average molecular weight is 229 g/mol. The normalized spacial score (nSPS) is 17.7. The molecule has 0 atom stereocenters. The van der Waals surface area contributed by atoms with E-state index in [1.54, 1.807) is 0 Å². The van der Waals surface area contributed by atoms with Crippen LogP contribution in [0.15, 0.2) is 18.3 Å². The summed E-state index contributed by atoms with van der Waals surface area (Å²) >= 11 is 0. The molecule has 2 aromatic rings. The van der Waals surface area contributed by atoms with E-state index in [0.29, 0.717) is 5.92 Å². The predicted molar refractivity (Wildman–Crippen MR) is 70.2 cm³/mol. The molecule has 17 heavy (non-hydrogen) atoms. The summed E-state index contributed by atoms with van der Waals surface area (Å²) in [6, 6.07) is 4.14. The lowest BCUT2D eigenvalue weighted by Gasteiger charge is -2.20. The number of aromatic nitrogens is 2. The van der Waals surface area contributed by atoms with E-state index in [4.69, 9.17) is 10.7 Å². The highest BCUT2D eigenvalue weighted by Gasteiger charge is 2.21. The van der Waals surface area contributed by atoms with E-state index in [0.717, 1.165) is 17.2 Å². The molecule has 0 unspecified atom stereocenters. The van der Waals surface area contributed by atoms with Crippen molar-refractivity contribution in [1.82, 2.24) is 9.38 Å². The number of fused-ring (bicyclic) bond motifs is 1. The zero-order valence-corrected chi connectivity index (χ0v) is 10.3. The molecule has 0 aromatic carbocycles. The van der Waals surface area contributed by atoms with Crippen molar-refractivity contribution >= 4 is 11.5 Å². The summed E-state index contributed by atoms with van der Waals surface area (Å²) in [6.45, 7) is 2.08. The molecule has 0 bridgehead atoms. The Morgan fingerprint density at radius 1 is 1.24 bits per heavy atom. The molecule has 1 aliphatic carbocycles. The number of anilines is 1. The molecule has 0 aliphatic heterocycles. The highest BCUT2D eigenvalue weighted by atomic mass is 15.1. The van der Waals surface area contributed by atoms with Crippen molar-refractivity contribution < 1.29 is 0 Å². The Kier molecular flexibility index (Phi) is 2.54. The van der Waals surface area contributed by atoms with Crippen LogP contribution >= 0.6 is 0 Å². The molecule has 0 radical (unpaired) electrons. The molecule has 1 fully saturated rings.